The number of thiol groups is 1. The number of nitrogens with zero attached hydrogens (tertiary/aromatic N) is 2. The minimum atomic E-state index is -0.278. The molecule has 0 bridgehead atoms. The average molecular weight is 278 g/mol. The molecule has 100 valence electrons. The number of nitrogens with two attached hydrogens (primary N) is 2. The maximum absolute atomic E-state index is 12.8. The fraction of sp³-hybridized carbons (Fsp3) is 0.231. The molecule has 1 aromatic heterocycles. The van der Waals surface area contributed by atoms with Crippen LogP contribution in [-0.2, 0) is 6.42 Å². The van der Waals surface area contributed by atoms with E-state index in [1.54, 1.807) is 12.1 Å². The van der Waals surface area contributed by atoms with Crippen molar-refractivity contribution in [2.45, 2.75) is 18.6 Å². The third kappa shape index (κ3) is 3.14. The quantitative estimate of drug-likeness (QED) is 0.753. The first-order valence-corrected chi connectivity index (χ1v) is 6.33. The topological polar surface area (TPSA) is 77.8 Å². The Kier molecular flexibility index (Phi) is 3.90. The molecule has 6 heteroatoms. The van der Waals surface area contributed by atoms with Crippen LogP contribution in [0.1, 0.15) is 29.1 Å². The molecule has 0 aliphatic heterocycles. The van der Waals surface area contributed by atoms with Gasteiger partial charge in [0.25, 0.3) is 0 Å². The van der Waals surface area contributed by atoms with Crippen molar-refractivity contribution in [1.82, 2.24) is 9.97 Å². The first kappa shape index (κ1) is 13.6. The number of rotatable bonds is 3. The van der Waals surface area contributed by atoms with E-state index in [9.17, 15) is 4.39 Å². The molecular weight excluding hydrogens is 263 g/mol. The smallest absolute Gasteiger partial charge is 0.145 e. The highest BCUT2D eigenvalue weighted by atomic mass is 32.1. The van der Waals surface area contributed by atoms with Crippen molar-refractivity contribution in [3.63, 3.8) is 0 Å². The first-order chi connectivity index (χ1) is 8.97. The molecule has 0 aliphatic carbocycles. The molecule has 0 fully saturated rings. The van der Waals surface area contributed by atoms with Gasteiger partial charge >= 0.3 is 0 Å². The summed E-state index contributed by atoms with van der Waals surface area (Å²) in [7, 11) is 0. The van der Waals surface area contributed by atoms with E-state index in [-0.39, 0.29) is 11.1 Å². The number of halogens is 1. The predicted octanol–water partition coefficient (Wildman–Crippen LogP) is 2.36. The molecule has 0 saturated heterocycles. The Morgan fingerprint density at radius 2 is 1.68 bits per heavy atom. The third-order valence-electron chi connectivity index (χ3n) is 2.76. The zero-order valence-corrected chi connectivity index (χ0v) is 11.4. The minimum Gasteiger partial charge on any atom is -0.383 e. The normalized spacial score (nSPS) is 12.4. The first-order valence-electron chi connectivity index (χ1n) is 5.81. The molecule has 1 unspecified atom stereocenters. The molecule has 19 heavy (non-hydrogen) atoms. The minimum absolute atomic E-state index is 0.135. The number of hydrogen-bond acceptors (Lipinski definition) is 5. The highest BCUT2D eigenvalue weighted by Gasteiger charge is 2.13. The lowest BCUT2D eigenvalue weighted by Gasteiger charge is -2.11. The highest BCUT2D eigenvalue weighted by molar-refractivity contribution is 7.80. The van der Waals surface area contributed by atoms with E-state index in [0.717, 1.165) is 5.56 Å². The van der Waals surface area contributed by atoms with Crippen LogP contribution in [-0.4, -0.2) is 9.97 Å². The lowest BCUT2D eigenvalue weighted by Crippen LogP contribution is -2.10. The Balaban J connectivity index is 2.32. The van der Waals surface area contributed by atoms with Gasteiger partial charge in [0, 0.05) is 12.0 Å². The Morgan fingerprint density at radius 1 is 1.16 bits per heavy atom. The lowest BCUT2D eigenvalue weighted by atomic mass is 10.1. The summed E-state index contributed by atoms with van der Waals surface area (Å²) in [4.78, 5) is 8.37. The van der Waals surface area contributed by atoms with Gasteiger partial charge in [-0.15, -0.1) is 0 Å². The van der Waals surface area contributed by atoms with Gasteiger partial charge in [-0.3, -0.25) is 0 Å². The molecule has 1 atom stereocenters. The number of benzene rings is 1. The number of aromatic nitrogens is 2. The molecular formula is C13H15FN4S. The largest absolute Gasteiger partial charge is 0.383 e. The van der Waals surface area contributed by atoms with Gasteiger partial charge in [-0.1, -0.05) is 12.1 Å². The van der Waals surface area contributed by atoms with E-state index < -0.39 is 0 Å². The molecule has 2 rings (SSSR count). The van der Waals surface area contributed by atoms with Crippen LogP contribution >= 0.6 is 12.6 Å². The van der Waals surface area contributed by atoms with Crippen LogP contribution < -0.4 is 11.5 Å². The fourth-order valence-corrected chi connectivity index (χ4v) is 1.83. The SMILES string of the molecule is CC(S)c1nc(N)c(Cc2ccc(F)cc2)c(N)n1. The predicted molar refractivity (Wildman–Crippen MR) is 77.5 cm³/mol. The van der Waals surface area contributed by atoms with Crippen molar-refractivity contribution in [2.75, 3.05) is 11.5 Å². The molecule has 0 aliphatic rings. The van der Waals surface area contributed by atoms with E-state index in [1.807, 2.05) is 6.92 Å². The number of anilines is 2. The van der Waals surface area contributed by atoms with Crippen LogP contribution in [0.4, 0.5) is 16.0 Å². The lowest BCUT2D eigenvalue weighted by molar-refractivity contribution is 0.627. The van der Waals surface area contributed by atoms with Gasteiger partial charge in [0.15, 0.2) is 0 Å². The summed E-state index contributed by atoms with van der Waals surface area (Å²) in [5.41, 5.74) is 13.4. The summed E-state index contributed by atoms with van der Waals surface area (Å²) in [5, 5.41) is -0.135. The number of hydrogen-bond donors (Lipinski definition) is 3. The van der Waals surface area contributed by atoms with Crippen molar-refractivity contribution in [3.8, 4) is 0 Å². The van der Waals surface area contributed by atoms with Crippen molar-refractivity contribution >= 4 is 24.3 Å². The third-order valence-corrected chi connectivity index (χ3v) is 2.99. The molecule has 0 amide bonds. The molecule has 0 spiro atoms. The summed E-state index contributed by atoms with van der Waals surface area (Å²) in [6.45, 7) is 1.84. The van der Waals surface area contributed by atoms with Crippen LogP contribution in [0.15, 0.2) is 24.3 Å². The summed E-state index contributed by atoms with van der Waals surface area (Å²) >= 11 is 4.25. The van der Waals surface area contributed by atoms with Crippen molar-refractivity contribution < 1.29 is 4.39 Å². The molecule has 1 heterocycles. The van der Waals surface area contributed by atoms with Gasteiger partial charge in [0.05, 0.1) is 5.25 Å². The molecule has 4 N–H and O–H groups in total. The summed E-state index contributed by atoms with van der Waals surface area (Å²) < 4.78 is 12.8. The average Bonchev–Trinajstić information content (AvgIpc) is 2.35. The molecule has 1 aromatic carbocycles. The van der Waals surface area contributed by atoms with Crippen LogP contribution in [0.2, 0.25) is 0 Å². The second-order valence-electron chi connectivity index (χ2n) is 4.31. The van der Waals surface area contributed by atoms with Gasteiger partial charge in [0.1, 0.15) is 23.3 Å². The Hall–Kier alpha value is -1.82. The maximum Gasteiger partial charge on any atom is 0.145 e. The Labute approximate surface area is 116 Å². The summed E-state index contributed by atoms with van der Waals surface area (Å²) in [6.07, 6.45) is 0.471. The zero-order chi connectivity index (χ0) is 14.0. The van der Waals surface area contributed by atoms with Gasteiger partial charge in [0.2, 0.25) is 0 Å². The van der Waals surface area contributed by atoms with Crippen molar-refractivity contribution in [1.29, 1.82) is 0 Å². The standard InChI is InChI=1S/C13H15FN4S/c1-7(19)13-17-11(15)10(12(16)18-13)6-8-2-4-9(14)5-3-8/h2-5,7,19H,6H2,1H3,(H4,15,16,17,18). The maximum atomic E-state index is 12.8. The summed E-state index contributed by atoms with van der Waals surface area (Å²) in [5.74, 6) is 0.904. The fourth-order valence-electron chi connectivity index (χ4n) is 1.71. The second kappa shape index (κ2) is 5.44. The van der Waals surface area contributed by atoms with Gasteiger partial charge in [-0.05, 0) is 24.6 Å². The molecule has 2 aromatic rings. The van der Waals surface area contributed by atoms with Gasteiger partial charge < -0.3 is 11.5 Å². The molecule has 4 nitrogen and oxygen atoms in total. The van der Waals surface area contributed by atoms with Crippen molar-refractivity contribution in [2.24, 2.45) is 0 Å². The van der Waals surface area contributed by atoms with Crippen LogP contribution in [0, 0.1) is 5.82 Å². The monoisotopic (exact) mass is 278 g/mol. The zero-order valence-electron chi connectivity index (χ0n) is 10.5. The van der Waals surface area contributed by atoms with E-state index >= 15 is 0 Å². The Bertz CT molecular complexity index is 561. The highest BCUT2D eigenvalue weighted by Crippen LogP contribution is 2.24. The van der Waals surface area contributed by atoms with E-state index in [2.05, 4.69) is 22.6 Å². The van der Waals surface area contributed by atoms with E-state index in [0.29, 0.717) is 29.4 Å². The van der Waals surface area contributed by atoms with E-state index in [1.165, 1.54) is 12.1 Å². The number of nitrogen functional groups attached to an aromatic ring is 2. The summed E-state index contributed by atoms with van der Waals surface area (Å²) in [6, 6.07) is 6.16. The van der Waals surface area contributed by atoms with Crippen LogP contribution in [0.3, 0.4) is 0 Å². The van der Waals surface area contributed by atoms with Crippen LogP contribution in [0.5, 0.6) is 0 Å². The van der Waals surface area contributed by atoms with Gasteiger partial charge in [-0.2, -0.15) is 12.6 Å². The van der Waals surface area contributed by atoms with Gasteiger partial charge in [-0.25, -0.2) is 14.4 Å². The Morgan fingerprint density at radius 3 is 2.16 bits per heavy atom. The van der Waals surface area contributed by atoms with E-state index in [4.69, 9.17) is 11.5 Å². The van der Waals surface area contributed by atoms with Crippen molar-refractivity contribution in [3.05, 3.63) is 47.0 Å². The van der Waals surface area contributed by atoms with Crippen LogP contribution in [0.25, 0.3) is 0 Å². The molecule has 0 radical (unpaired) electrons. The molecule has 0 saturated carbocycles. The second-order valence-corrected chi connectivity index (χ2v) is 5.08.